The molecule has 2 amide bonds. The zero-order valence-electron chi connectivity index (χ0n) is 13.9. The van der Waals surface area contributed by atoms with Gasteiger partial charge in [-0.25, -0.2) is 4.79 Å². The Hall–Kier alpha value is -3.22. The number of hydrogen-bond acceptors (Lipinski definition) is 5. The molecule has 128 valence electrons. The molecule has 3 aromatic rings. The maximum absolute atomic E-state index is 11.9. The highest BCUT2D eigenvalue weighted by molar-refractivity contribution is 5.90. The molecule has 0 saturated carbocycles. The van der Waals surface area contributed by atoms with E-state index in [2.05, 4.69) is 25.8 Å². The van der Waals surface area contributed by atoms with Crippen molar-refractivity contribution in [1.29, 1.82) is 0 Å². The fourth-order valence-electron chi connectivity index (χ4n) is 2.31. The molecule has 0 aliphatic rings. The van der Waals surface area contributed by atoms with Crippen molar-refractivity contribution in [2.75, 3.05) is 11.9 Å². The molecule has 0 saturated heterocycles. The quantitative estimate of drug-likeness (QED) is 0.720. The molecular formula is C18H19N5O2. The lowest BCUT2D eigenvalue weighted by molar-refractivity contribution is 0.252. The van der Waals surface area contributed by atoms with Crippen molar-refractivity contribution in [1.82, 2.24) is 20.4 Å². The minimum absolute atomic E-state index is 0.225. The SMILES string of the molecule is CCCNC(=O)Nc1ccccc1Cc1nc(-c2ccncc2)no1. The van der Waals surface area contributed by atoms with E-state index in [0.717, 1.165) is 23.2 Å². The minimum atomic E-state index is -0.225. The number of amides is 2. The Morgan fingerprint density at radius 3 is 2.76 bits per heavy atom. The highest BCUT2D eigenvalue weighted by Crippen LogP contribution is 2.20. The lowest BCUT2D eigenvalue weighted by atomic mass is 10.1. The molecule has 0 aliphatic carbocycles. The highest BCUT2D eigenvalue weighted by Gasteiger charge is 2.12. The number of urea groups is 1. The van der Waals surface area contributed by atoms with E-state index in [1.165, 1.54) is 0 Å². The molecular weight excluding hydrogens is 318 g/mol. The summed E-state index contributed by atoms with van der Waals surface area (Å²) in [4.78, 5) is 20.3. The van der Waals surface area contributed by atoms with E-state index in [0.29, 0.717) is 24.7 Å². The van der Waals surface area contributed by atoms with Gasteiger partial charge in [0.2, 0.25) is 11.7 Å². The van der Waals surface area contributed by atoms with E-state index in [9.17, 15) is 4.79 Å². The summed E-state index contributed by atoms with van der Waals surface area (Å²) < 4.78 is 5.34. The summed E-state index contributed by atoms with van der Waals surface area (Å²) >= 11 is 0. The number of aromatic nitrogens is 3. The first-order valence-electron chi connectivity index (χ1n) is 8.12. The maximum Gasteiger partial charge on any atom is 0.319 e. The van der Waals surface area contributed by atoms with Crippen LogP contribution in [-0.2, 0) is 6.42 Å². The number of carbonyl (C=O) groups excluding carboxylic acids is 1. The third-order valence-corrected chi connectivity index (χ3v) is 3.55. The zero-order chi connectivity index (χ0) is 17.5. The molecule has 2 N–H and O–H groups in total. The fraction of sp³-hybridized carbons (Fsp3) is 0.222. The summed E-state index contributed by atoms with van der Waals surface area (Å²) in [6.45, 7) is 2.64. The van der Waals surface area contributed by atoms with E-state index >= 15 is 0 Å². The van der Waals surface area contributed by atoms with Crippen LogP contribution in [0.15, 0.2) is 53.3 Å². The van der Waals surface area contributed by atoms with Crippen LogP contribution >= 0.6 is 0 Å². The Balaban J connectivity index is 1.73. The number of rotatable bonds is 6. The van der Waals surface area contributed by atoms with Crippen molar-refractivity contribution in [3.05, 3.63) is 60.2 Å². The number of para-hydroxylation sites is 1. The lowest BCUT2D eigenvalue weighted by Crippen LogP contribution is -2.29. The van der Waals surface area contributed by atoms with Crippen LogP contribution in [0.2, 0.25) is 0 Å². The smallest absolute Gasteiger partial charge is 0.319 e. The van der Waals surface area contributed by atoms with Gasteiger partial charge in [-0.15, -0.1) is 0 Å². The van der Waals surface area contributed by atoms with E-state index in [1.54, 1.807) is 12.4 Å². The van der Waals surface area contributed by atoms with Crippen LogP contribution in [0.1, 0.15) is 24.8 Å². The van der Waals surface area contributed by atoms with E-state index in [4.69, 9.17) is 4.52 Å². The van der Waals surface area contributed by atoms with Gasteiger partial charge in [-0.1, -0.05) is 30.3 Å². The molecule has 7 heteroatoms. The molecule has 7 nitrogen and oxygen atoms in total. The molecule has 0 spiro atoms. The highest BCUT2D eigenvalue weighted by atomic mass is 16.5. The van der Waals surface area contributed by atoms with Crippen molar-refractivity contribution in [2.24, 2.45) is 0 Å². The normalized spacial score (nSPS) is 10.4. The first kappa shape index (κ1) is 16.6. The number of pyridine rings is 1. The second-order valence-corrected chi connectivity index (χ2v) is 5.46. The van der Waals surface area contributed by atoms with Crippen molar-refractivity contribution in [3.8, 4) is 11.4 Å². The number of nitrogens with zero attached hydrogens (tertiary/aromatic N) is 3. The van der Waals surface area contributed by atoms with E-state index < -0.39 is 0 Å². The Kier molecular flexibility index (Phi) is 5.36. The van der Waals surface area contributed by atoms with Crippen LogP contribution in [0.4, 0.5) is 10.5 Å². The summed E-state index contributed by atoms with van der Waals surface area (Å²) in [6, 6.07) is 11.0. The average molecular weight is 337 g/mol. The topological polar surface area (TPSA) is 92.9 Å². The van der Waals surface area contributed by atoms with Crippen LogP contribution in [-0.4, -0.2) is 27.7 Å². The average Bonchev–Trinajstić information content (AvgIpc) is 3.11. The Bertz CT molecular complexity index is 832. The number of nitrogens with one attached hydrogen (secondary N) is 2. The van der Waals surface area contributed by atoms with Crippen LogP contribution in [0.3, 0.4) is 0 Å². The lowest BCUT2D eigenvalue weighted by Gasteiger charge is -2.10. The van der Waals surface area contributed by atoms with Gasteiger partial charge in [0.05, 0.1) is 6.42 Å². The molecule has 0 aliphatic heterocycles. The molecule has 2 aromatic heterocycles. The van der Waals surface area contributed by atoms with Gasteiger partial charge in [-0.05, 0) is 30.2 Å². The van der Waals surface area contributed by atoms with Crippen LogP contribution < -0.4 is 10.6 Å². The monoisotopic (exact) mass is 337 g/mol. The van der Waals surface area contributed by atoms with Crippen LogP contribution in [0.5, 0.6) is 0 Å². The first-order valence-corrected chi connectivity index (χ1v) is 8.12. The molecule has 25 heavy (non-hydrogen) atoms. The van der Waals surface area contributed by atoms with Crippen molar-refractivity contribution < 1.29 is 9.32 Å². The summed E-state index contributed by atoms with van der Waals surface area (Å²) in [5, 5.41) is 9.65. The minimum Gasteiger partial charge on any atom is -0.339 e. The summed E-state index contributed by atoms with van der Waals surface area (Å²) in [5.74, 6) is 0.999. The second-order valence-electron chi connectivity index (χ2n) is 5.46. The van der Waals surface area contributed by atoms with Crippen molar-refractivity contribution >= 4 is 11.7 Å². The number of benzene rings is 1. The molecule has 3 rings (SSSR count). The molecule has 0 atom stereocenters. The standard InChI is InChI=1S/C18H19N5O2/c1-2-9-20-18(24)21-15-6-4-3-5-14(15)12-16-22-17(23-25-16)13-7-10-19-11-8-13/h3-8,10-11H,2,9,12H2,1H3,(H2,20,21,24). The third-order valence-electron chi connectivity index (χ3n) is 3.55. The molecule has 2 heterocycles. The fourth-order valence-corrected chi connectivity index (χ4v) is 2.31. The first-order chi connectivity index (χ1) is 12.3. The number of carbonyl (C=O) groups is 1. The Morgan fingerprint density at radius 2 is 1.96 bits per heavy atom. The van der Waals surface area contributed by atoms with E-state index in [-0.39, 0.29) is 6.03 Å². The van der Waals surface area contributed by atoms with Crippen LogP contribution in [0, 0.1) is 0 Å². The molecule has 0 radical (unpaired) electrons. The van der Waals surface area contributed by atoms with Crippen molar-refractivity contribution in [3.63, 3.8) is 0 Å². The zero-order valence-corrected chi connectivity index (χ0v) is 13.9. The maximum atomic E-state index is 11.9. The van der Waals surface area contributed by atoms with Crippen molar-refractivity contribution in [2.45, 2.75) is 19.8 Å². The second kappa shape index (κ2) is 8.05. The molecule has 0 unspecified atom stereocenters. The van der Waals surface area contributed by atoms with Gasteiger partial charge >= 0.3 is 6.03 Å². The van der Waals surface area contributed by atoms with Crippen LogP contribution in [0.25, 0.3) is 11.4 Å². The third kappa shape index (κ3) is 4.41. The van der Waals surface area contributed by atoms with Gasteiger partial charge in [-0.3, -0.25) is 4.98 Å². The van der Waals surface area contributed by atoms with Gasteiger partial charge < -0.3 is 15.2 Å². The van der Waals surface area contributed by atoms with Gasteiger partial charge in [0.15, 0.2) is 0 Å². The van der Waals surface area contributed by atoms with Gasteiger partial charge in [0.25, 0.3) is 0 Å². The molecule has 0 bridgehead atoms. The summed E-state index contributed by atoms with van der Waals surface area (Å²) in [5.41, 5.74) is 2.47. The molecule has 0 fully saturated rings. The predicted octanol–water partition coefficient (Wildman–Crippen LogP) is 3.25. The molecule has 1 aromatic carbocycles. The largest absolute Gasteiger partial charge is 0.339 e. The van der Waals surface area contributed by atoms with E-state index in [1.807, 2.05) is 43.3 Å². The van der Waals surface area contributed by atoms with Gasteiger partial charge in [-0.2, -0.15) is 4.98 Å². The number of hydrogen-bond donors (Lipinski definition) is 2. The predicted molar refractivity (Wildman–Crippen MR) is 94.1 cm³/mol. The summed E-state index contributed by atoms with van der Waals surface area (Å²) in [7, 11) is 0. The number of anilines is 1. The van der Waals surface area contributed by atoms with Gasteiger partial charge in [0, 0.05) is 30.2 Å². The Morgan fingerprint density at radius 1 is 1.16 bits per heavy atom. The summed E-state index contributed by atoms with van der Waals surface area (Å²) in [6.07, 6.45) is 4.68. The Labute approximate surface area is 145 Å². The van der Waals surface area contributed by atoms with Gasteiger partial charge in [0.1, 0.15) is 0 Å².